The third kappa shape index (κ3) is 3.60. The van der Waals surface area contributed by atoms with Crippen LogP contribution in [0, 0.1) is 0 Å². The van der Waals surface area contributed by atoms with Gasteiger partial charge in [-0.05, 0) is 44.4 Å². The number of hydrogen-bond acceptors (Lipinski definition) is 3. The van der Waals surface area contributed by atoms with Crippen molar-refractivity contribution >= 4 is 28.1 Å². The second kappa shape index (κ2) is 6.88. The number of piperidine rings is 1. The number of hydrogen-bond donors (Lipinski definition) is 0. The van der Waals surface area contributed by atoms with Gasteiger partial charge in [-0.2, -0.15) is 0 Å². The van der Waals surface area contributed by atoms with Crippen molar-refractivity contribution in [2.24, 2.45) is 0 Å². The van der Waals surface area contributed by atoms with E-state index in [0.29, 0.717) is 11.3 Å². The Morgan fingerprint density at radius 3 is 2.70 bits per heavy atom. The summed E-state index contributed by atoms with van der Waals surface area (Å²) in [6.45, 7) is 3.37. The van der Waals surface area contributed by atoms with Crippen LogP contribution >= 0.6 is 15.9 Å². The highest BCUT2D eigenvalue weighted by atomic mass is 79.9. The molecule has 0 aliphatic carbocycles. The third-order valence-electron chi connectivity index (χ3n) is 3.42. The molecule has 108 valence electrons. The van der Waals surface area contributed by atoms with Gasteiger partial charge in [0, 0.05) is 23.1 Å². The van der Waals surface area contributed by atoms with Gasteiger partial charge in [0.15, 0.2) is 12.4 Å². The molecule has 1 heterocycles. The number of nitrogens with zero attached hydrogens (tertiary/aromatic N) is 1. The Bertz CT molecular complexity index is 498. The Hall–Kier alpha value is -1.36. The zero-order valence-electron chi connectivity index (χ0n) is 11.5. The lowest BCUT2D eigenvalue weighted by Gasteiger charge is -2.29. The Labute approximate surface area is 127 Å². The van der Waals surface area contributed by atoms with Gasteiger partial charge in [0.05, 0.1) is 0 Å². The van der Waals surface area contributed by atoms with E-state index in [1.54, 1.807) is 25.1 Å². The van der Waals surface area contributed by atoms with E-state index in [9.17, 15) is 9.59 Å². The van der Waals surface area contributed by atoms with Gasteiger partial charge in [0.2, 0.25) is 0 Å². The maximum atomic E-state index is 12.2. The van der Waals surface area contributed by atoms with Crippen molar-refractivity contribution < 1.29 is 14.3 Å². The van der Waals surface area contributed by atoms with Crippen LogP contribution in [-0.4, -0.2) is 36.3 Å². The molecule has 1 aliphatic rings. The zero-order valence-corrected chi connectivity index (χ0v) is 13.1. The molecule has 5 heteroatoms. The first-order valence-corrected chi connectivity index (χ1v) is 7.61. The second-order valence-electron chi connectivity index (χ2n) is 4.95. The van der Waals surface area contributed by atoms with Gasteiger partial charge in [0.25, 0.3) is 5.91 Å². The van der Waals surface area contributed by atoms with Crippen LogP contribution in [0.15, 0.2) is 22.7 Å². The molecule has 0 N–H and O–H groups in total. The van der Waals surface area contributed by atoms with E-state index in [4.69, 9.17) is 4.74 Å². The van der Waals surface area contributed by atoms with E-state index in [0.717, 1.165) is 36.7 Å². The second-order valence-corrected chi connectivity index (χ2v) is 5.80. The molecule has 4 nitrogen and oxygen atoms in total. The fraction of sp³-hybridized carbons (Fsp3) is 0.467. The summed E-state index contributed by atoms with van der Waals surface area (Å²) in [7, 11) is 0. The minimum atomic E-state index is -0.534. The lowest BCUT2D eigenvalue weighted by molar-refractivity contribution is -0.138. The standard InChI is InChI=1S/C15H18BrNO3/c1-11(15(19)17-7-3-2-4-8-17)20-13-5-6-14(16)12(9-13)10-18/h5-6,9-11H,2-4,7-8H2,1H3. The lowest BCUT2D eigenvalue weighted by Crippen LogP contribution is -2.43. The van der Waals surface area contributed by atoms with Gasteiger partial charge >= 0.3 is 0 Å². The van der Waals surface area contributed by atoms with Crippen molar-refractivity contribution in [2.45, 2.75) is 32.3 Å². The Morgan fingerprint density at radius 1 is 1.35 bits per heavy atom. The Kier molecular flexibility index (Phi) is 5.17. The van der Waals surface area contributed by atoms with Crippen LogP contribution in [-0.2, 0) is 4.79 Å². The number of likely N-dealkylation sites (tertiary alicyclic amines) is 1. The first-order chi connectivity index (χ1) is 9.61. The van der Waals surface area contributed by atoms with Gasteiger partial charge in [-0.25, -0.2) is 0 Å². The van der Waals surface area contributed by atoms with Crippen molar-refractivity contribution in [2.75, 3.05) is 13.1 Å². The van der Waals surface area contributed by atoms with E-state index in [1.807, 2.05) is 4.90 Å². The molecule has 0 saturated carbocycles. The summed E-state index contributed by atoms with van der Waals surface area (Å²) in [5.41, 5.74) is 0.514. The molecule has 2 rings (SSSR count). The van der Waals surface area contributed by atoms with Gasteiger partial charge in [-0.1, -0.05) is 15.9 Å². The molecule has 0 spiro atoms. The molecule has 1 aromatic carbocycles. The SMILES string of the molecule is CC(Oc1ccc(Br)c(C=O)c1)C(=O)N1CCCCC1. The van der Waals surface area contributed by atoms with Crippen molar-refractivity contribution in [3.8, 4) is 5.75 Å². The van der Waals surface area contributed by atoms with Crippen LogP contribution in [0.1, 0.15) is 36.5 Å². The maximum Gasteiger partial charge on any atom is 0.263 e. The van der Waals surface area contributed by atoms with Crippen molar-refractivity contribution in [1.82, 2.24) is 4.90 Å². The predicted molar refractivity (Wildman–Crippen MR) is 80.1 cm³/mol. The summed E-state index contributed by atoms with van der Waals surface area (Å²) in [6, 6.07) is 5.13. The molecule has 1 aliphatic heterocycles. The quantitative estimate of drug-likeness (QED) is 0.792. The number of rotatable bonds is 4. The van der Waals surface area contributed by atoms with Gasteiger partial charge < -0.3 is 9.64 Å². The minimum Gasteiger partial charge on any atom is -0.481 e. The molecule has 0 aromatic heterocycles. The summed E-state index contributed by atoms with van der Waals surface area (Å²) in [5, 5.41) is 0. The number of benzene rings is 1. The van der Waals surface area contributed by atoms with E-state index in [-0.39, 0.29) is 5.91 Å². The molecule has 0 radical (unpaired) electrons. The monoisotopic (exact) mass is 339 g/mol. The number of halogens is 1. The zero-order chi connectivity index (χ0) is 14.5. The third-order valence-corrected chi connectivity index (χ3v) is 4.14. The number of aldehydes is 1. The molecular formula is C15H18BrNO3. The molecule has 20 heavy (non-hydrogen) atoms. The summed E-state index contributed by atoms with van der Waals surface area (Å²) in [5.74, 6) is 0.549. The van der Waals surface area contributed by atoms with Crippen LogP contribution in [0.5, 0.6) is 5.75 Å². The van der Waals surface area contributed by atoms with Crippen LogP contribution in [0.3, 0.4) is 0 Å². The average molecular weight is 340 g/mol. The molecule has 0 bridgehead atoms. The van der Waals surface area contributed by atoms with E-state index in [1.165, 1.54) is 6.42 Å². The van der Waals surface area contributed by atoms with Gasteiger partial charge in [-0.3, -0.25) is 9.59 Å². The molecule has 1 saturated heterocycles. The van der Waals surface area contributed by atoms with Crippen molar-refractivity contribution in [3.05, 3.63) is 28.2 Å². The topological polar surface area (TPSA) is 46.6 Å². The normalized spacial score (nSPS) is 16.6. The number of carbonyl (C=O) groups is 2. The highest BCUT2D eigenvalue weighted by molar-refractivity contribution is 9.10. The number of amides is 1. The fourth-order valence-electron chi connectivity index (χ4n) is 2.31. The minimum absolute atomic E-state index is 0.0141. The fourth-order valence-corrected chi connectivity index (χ4v) is 2.65. The maximum absolute atomic E-state index is 12.2. The van der Waals surface area contributed by atoms with Crippen LogP contribution in [0.25, 0.3) is 0 Å². The summed E-state index contributed by atoms with van der Waals surface area (Å²) >= 11 is 3.29. The largest absolute Gasteiger partial charge is 0.481 e. The summed E-state index contributed by atoms with van der Waals surface area (Å²) in [4.78, 5) is 25.0. The first-order valence-electron chi connectivity index (χ1n) is 6.82. The molecule has 1 fully saturated rings. The van der Waals surface area contributed by atoms with E-state index in [2.05, 4.69) is 15.9 Å². The van der Waals surface area contributed by atoms with Crippen LogP contribution < -0.4 is 4.74 Å². The number of ether oxygens (including phenoxy) is 1. The van der Waals surface area contributed by atoms with E-state index < -0.39 is 6.10 Å². The molecule has 1 unspecified atom stereocenters. The van der Waals surface area contributed by atoms with E-state index >= 15 is 0 Å². The average Bonchev–Trinajstić information content (AvgIpc) is 2.49. The molecular weight excluding hydrogens is 322 g/mol. The van der Waals surface area contributed by atoms with Crippen LogP contribution in [0.2, 0.25) is 0 Å². The van der Waals surface area contributed by atoms with Gasteiger partial charge in [-0.15, -0.1) is 0 Å². The lowest BCUT2D eigenvalue weighted by atomic mass is 10.1. The molecule has 1 atom stereocenters. The highest BCUT2D eigenvalue weighted by Gasteiger charge is 2.23. The first kappa shape index (κ1) is 15.0. The molecule has 1 aromatic rings. The number of carbonyl (C=O) groups excluding carboxylic acids is 2. The predicted octanol–water partition coefficient (Wildman–Crippen LogP) is 3.04. The smallest absolute Gasteiger partial charge is 0.263 e. The summed E-state index contributed by atoms with van der Waals surface area (Å²) < 4.78 is 6.37. The highest BCUT2D eigenvalue weighted by Crippen LogP contribution is 2.22. The van der Waals surface area contributed by atoms with Crippen molar-refractivity contribution in [3.63, 3.8) is 0 Å². The van der Waals surface area contributed by atoms with Crippen molar-refractivity contribution in [1.29, 1.82) is 0 Å². The summed E-state index contributed by atoms with van der Waals surface area (Å²) in [6.07, 6.45) is 3.54. The van der Waals surface area contributed by atoms with Gasteiger partial charge in [0.1, 0.15) is 5.75 Å². The Morgan fingerprint density at radius 2 is 2.05 bits per heavy atom. The molecule has 1 amide bonds. The Balaban J connectivity index is 2.01. The van der Waals surface area contributed by atoms with Crippen LogP contribution in [0.4, 0.5) is 0 Å².